The second kappa shape index (κ2) is 13.6. The molecule has 11 nitrogen and oxygen atoms in total. The number of hydrogen-bond acceptors (Lipinski definition) is 9. The fraction of sp³-hybridized carbons (Fsp3) is 0.586. The number of amides is 2. The number of methoxy groups -OCH3 is 1. The molecule has 3 heterocycles. The van der Waals surface area contributed by atoms with Crippen molar-refractivity contribution < 1.29 is 28.5 Å². The Morgan fingerprint density at radius 3 is 2.40 bits per heavy atom. The predicted molar refractivity (Wildman–Crippen MR) is 149 cm³/mol. The SMILES string of the molecule is COCC(Oc1cnc(N2CCC(NC(=O)OC(C)(C)C)C2)nc1)C1CCN(C(=O)OCc2ccccc2)CC1. The minimum absolute atomic E-state index is 0.0260. The monoisotopic (exact) mass is 555 g/mol. The highest BCUT2D eigenvalue weighted by molar-refractivity contribution is 5.68. The van der Waals surface area contributed by atoms with Crippen LogP contribution in [0.25, 0.3) is 0 Å². The van der Waals surface area contributed by atoms with Crippen molar-refractivity contribution in [3.8, 4) is 5.75 Å². The van der Waals surface area contributed by atoms with E-state index in [0.717, 1.165) is 31.4 Å². The van der Waals surface area contributed by atoms with Crippen LogP contribution in [0, 0.1) is 5.92 Å². The molecule has 11 heteroatoms. The first-order chi connectivity index (χ1) is 19.2. The third kappa shape index (κ3) is 8.70. The number of ether oxygens (including phenoxy) is 4. The van der Waals surface area contributed by atoms with E-state index in [1.807, 2.05) is 56.0 Å². The molecule has 2 saturated heterocycles. The maximum atomic E-state index is 12.5. The minimum Gasteiger partial charge on any atom is -0.484 e. The maximum Gasteiger partial charge on any atom is 0.410 e. The summed E-state index contributed by atoms with van der Waals surface area (Å²) in [6.07, 6.45) is 4.82. The summed E-state index contributed by atoms with van der Waals surface area (Å²) in [5.74, 6) is 1.38. The van der Waals surface area contributed by atoms with Crippen LogP contribution in [0.2, 0.25) is 0 Å². The quantitative estimate of drug-likeness (QED) is 0.490. The van der Waals surface area contributed by atoms with Crippen LogP contribution in [0.1, 0.15) is 45.6 Å². The molecule has 2 unspecified atom stereocenters. The van der Waals surface area contributed by atoms with Crippen molar-refractivity contribution in [2.24, 2.45) is 5.92 Å². The third-order valence-electron chi connectivity index (χ3n) is 6.95. The van der Waals surface area contributed by atoms with E-state index in [1.54, 1.807) is 24.4 Å². The molecule has 2 atom stereocenters. The molecule has 2 aliphatic heterocycles. The number of aromatic nitrogens is 2. The third-order valence-corrected chi connectivity index (χ3v) is 6.95. The van der Waals surface area contributed by atoms with Gasteiger partial charge < -0.3 is 34.1 Å². The van der Waals surface area contributed by atoms with Gasteiger partial charge in [-0.15, -0.1) is 0 Å². The van der Waals surface area contributed by atoms with Crippen molar-refractivity contribution in [2.75, 3.05) is 44.8 Å². The summed E-state index contributed by atoms with van der Waals surface area (Å²) in [4.78, 5) is 37.4. The maximum absolute atomic E-state index is 12.5. The predicted octanol–water partition coefficient (Wildman–Crippen LogP) is 4.02. The van der Waals surface area contributed by atoms with E-state index in [0.29, 0.717) is 37.9 Å². The lowest BCUT2D eigenvalue weighted by Crippen LogP contribution is -2.44. The highest BCUT2D eigenvalue weighted by Gasteiger charge is 2.31. The normalized spacial score (nSPS) is 18.8. The van der Waals surface area contributed by atoms with Crippen LogP contribution < -0.4 is 15.0 Å². The number of rotatable bonds is 9. The zero-order valence-electron chi connectivity index (χ0n) is 23.9. The average molecular weight is 556 g/mol. The summed E-state index contributed by atoms with van der Waals surface area (Å²) in [6, 6.07) is 9.64. The number of benzene rings is 1. The van der Waals surface area contributed by atoms with E-state index in [9.17, 15) is 9.59 Å². The summed E-state index contributed by atoms with van der Waals surface area (Å²) in [5.41, 5.74) is 0.433. The van der Waals surface area contributed by atoms with Crippen molar-refractivity contribution in [3.05, 3.63) is 48.3 Å². The Morgan fingerprint density at radius 2 is 1.75 bits per heavy atom. The van der Waals surface area contributed by atoms with E-state index in [-0.39, 0.29) is 30.8 Å². The summed E-state index contributed by atoms with van der Waals surface area (Å²) in [7, 11) is 1.65. The number of likely N-dealkylation sites (tertiary alicyclic amines) is 1. The van der Waals surface area contributed by atoms with Crippen molar-refractivity contribution in [3.63, 3.8) is 0 Å². The molecule has 1 N–H and O–H groups in total. The molecule has 2 amide bonds. The fourth-order valence-electron chi connectivity index (χ4n) is 4.94. The molecular weight excluding hydrogens is 514 g/mol. The van der Waals surface area contributed by atoms with Crippen LogP contribution in [0.4, 0.5) is 15.5 Å². The van der Waals surface area contributed by atoms with Gasteiger partial charge in [-0.25, -0.2) is 19.6 Å². The summed E-state index contributed by atoms with van der Waals surface area (Å²) >= 11 is 0. The summed E-state index contributed by atoms with van der Waals surface area (Å²) in [6.45, 7) is 8.77. The first-order valence-corrected chi connectivity index (χ1v) is 13.9. The van der Waals surface area contributed by atoms with Gasteiger partial charge in [-0.1, -0.05) is 30.3 Å². The lowest BCUT2D eigenvalue weighted by Gasteiger charge is -2.35. The minimum atomic E-state index is -0.534. The van der Waals surface area contributed by atoms with E-state index in [4.69, 9.17) is 18.9 Å². The average Bonchev–Trinajstić information content (AvgIpc) is 3.39. The van der Waals surface area contributed by atoms with Crippen LogP contribution in [0.15, 0.2) is 42.7 Å². The molecule has 1 aromatic heterocycles. The van der Waals surface area contributed by atoms with Crippen LogP contribution in [0.3, 0.4) is 0 Å². The number of anilines is 1. The summed E-state index contributed by atoms with van der Waals surface area (Å²) in [5, 5.41) is 2.92. The molecule has 0 saturated carbocycles. The van der Waals surface area contributed by atoms with Gasteiger partial charge in [-0.2, -0.15) is 0 Å². The second-order valence-electron chi connectivity index (χ2n) is 11.3. The van der Waals surface area contributed by atoms with E-state index in [2.05, 4.69) is 15.3 Å². The highest BCUT2D eigenvalue weighted by atomic mass is 16.6. The number of nitrogens with zero attached hydrogens (tertiary/aromatic N) is 4. The first-order valence-electron chi connectivity index (χ1n) is 13.9. The van der Waals surface area contributed by atoms with Gasteiger partial charge >= 0.3 is 12.2 Å². The van der Waals surface area contributed by atoms with E-state index in [1.165, 1.54) is 0 Å². The van der Waals surface area contributed by atoms with Crippen LogP contribution >= 0.6 is 0 Å². The topological polar surface area (TPSA) is 115 Å². The number of nitrogens with one attached hydrogen (secondary N) is 1. The fourth-order valence-corrected chi connectivity index (χ4v) is 4.94. The van der Waals surface area contributed by atoms with E-state index >= 15 is 0 Å². The largest absolute Gasteiger partial charge is 0.484 e. The number of piperidine rings is 1. The Balaban J connectivity index is 1.24. The zero-order valence-corrected chi connectivity index (χ0v) is 23.9. The lowest BCUT2D eigenvalue weighted by atomic mass is 9.91. The molecule has 2 aromatic rings. The van der Waals surface area contributed by atoms with Gasteiger partial charge in [0, 0.05) is 39.2 Å². The first kappa shape index (κ1) is 29.4. The van der Waals surface area contributed by atoms with Gasteiger partial charge in [-0.05, 0) is 45.6 Å². The Bertz CT molecular complexity index is 1090. The molecular formula is C29H41N5O6. The van der Waals surface area contributed by atoms with Crippen molar-refractivity contribution in [1.82, 2.24) is 20.2 Å². The highest BCUT2D eigenvalue weighted by Crippen LogP contribution is 2.26. The number of hydrogen-bond donors (Lipinski definition) is 1. The molecule has 0 aliphatic carbocycles. The van der Waals surface area contributed by atoms with Gasteiger partial charge in [-0.3, -0.25) is 0 Å². The van der Waals surface area contributed by atoms with Crippen LogP contribution in [0.5, 0.6) is 5.75 Å². The molecule has 2 fully saturated rings. The Hall–Kier alpha value is -3.60. The zero-order chi connectivity index (χ0) is 28.5. The van der Waals surface area contributed by atoms with E-state index < -0.39 is 11.7 Å². The van der Waals surface area contributed by atoms with Crippen molar-refractivity contribution in [2.45, 2.75) is 64.4 Å². The Labute approximate surface area is 236 Å². The molecule has 4 rings (SSSR count). The van der Waals surface area contributed by atoms with Gasteiger partial charge in [0.15, 0.2) is 5.75 Å². The van der Waals surface area contributed by atoms with Crippen LogP contribution in [-0.2, 0) is 20.8 Å². The number of carbonyl (C=O) groups is 2. The molecule has 1 aromatic carbocycles. The molecule has 0 bridgehead atoms. The van der Waals surface area contributed by atoms with Gasteiger partial charge in [0.2, 0.25) is 5.95 Å². The van der Waals surface area contributed by atoms with Gasteiger partial charge in [0.25, 0.3) is 0 Å². The van der Waals surface area contributed by atoms with Gasteiger partial charge in [0.05, 0.1) is 25.0 Å². The van der Waals surface area contributed by atoms with Gasteiger partial charge in [0.1, 0.15) is 18.3 Å². The lowest BCUT2D eigenvalue weighted by molar-refractivity contribution is 0.0150. The number of alkyl carbamates (subject to hydrolysis) is 1. The second-order valence-corrected chi connectivity index (χ2v) is 11.3. The summed E-state index contributed by atoms with van der Waals surface area (Å²) < 4.78 is 22.5. The molecule has 218 valence electrons. The molecule has 0 radical (unpaired) electrons. The Morgan fingerprint density at radius 1 is 1.05 bits per heavy atom. The molecule has 40 heavy (non-hydrogen) atoms. The molecule has 0 spiro atoms. The number of carbonyl (C=O) groups excluding carboxylic acids is 2. The standard InChI is InChI=1S/C29H41N5O6/c1-29(2,3)40-27(35)32-23-12-15-34(18-23)26-30-16-24(17-31-26)39-25(20-37-4)22-10-13-33(14-11-22)28(36)38-19-21-8-6-5-7-9-21/h5-9,16-17,22-23,25H,10-15,18-20H2,1-4H3,(H,32,35). The Kier molecular flexibility index (Phi) is 10.0. The van der Waals surface area contributed by atoms with Crippen LogP contribution in [-0.4, -0.2) is 84.7 Å². The smallest absolute Gasteiger partial charge is 0.410 e. The van der Waals surface area contributed by atoms with Crippen molar-refractivity contribution in [1.29, 1.82) is 0 Å². The van der Waals surface area contributed by atoms with Crippen molar-refractivity contribution >= 4 is 18.1 Å². The molecule has 2 aliphatic rings.